The molecular weight excluding hydrogens is 230 g/mol. The summed E-state index contributed by atoms with van der Waals surface area (Å²) >= 11 is 0. The van der Waals surface area contributed by atoms with E-state index in [1.54, 1.807) is 13.2 Å². The molecule has 0 aliphatic carbocycles. The van der Waals surface area contributed by atoms with Crippen LogP contribution < -0.4 is 20.7 Å². The standard InChI is InChI=1S/C13H15N3O2/c1-17-11-5-7-12(8-6-11)18-9-10-3-2-4-13(15-10)16-14/h2-8H,9,14H2,1H3,(H,15,16). The molecule has 18 heavy (non-hydrogen) atoms. The van der Waals surface area contributed by atoms with E-state index in [2.05, 4.69) is 10.4 Å². The minimum Gasteiger partial charge on any atom is -0.497 e. The summed E-state index contributed by atoms with van der Waals surface area (Å²) in [5.74, 6) is 7.48. The summed E-state index contributed by atoms with van der Waals surface area (Å²) in [5, 5.41) is 0. The minimum absolute atomic E-state index is 0.391. The number of nitrogens with one attached hydrogen (secondary N) is 1. The lowest BCUT2D eigenvalue weighted by Crippen LogP contribution is -2.09. The number of nitrogens with zero attached hydrogens (tertiary/aromatic N) is 1. The molecule has 1 heterocycles. The SMILES string of the molecule is COc1ccc(OCc2cccc(NN)n2)cc1. The molecule has 94 valence electrons. The Hall–Kier alpha value is -2.27. The maximum Gasteiger partial charge on any atom is 0.140 e. The molecule has 0 aliphatic heterocycles. The van der Waals surface area contributed by atoms with Crippen LogP contribution in [0.2, 0.25) is 0 Å². The van der Waals surface area contributed by atoms with Gasteiger partial charge < -0.3 is 14.9 Å². The number of nitrogens with two attached hydrogens (primary N) is 1. The molecule has 0 fully saturated rings. The number of benzene rings is 1. The van der Waals surface area contributed by atoms with Crippen molar-refractivity contribution in [3.63, 3.8) is 0 Å². The maximum absolute atomic E-state index is 5.60. The minimum atomic E-state index is 0.391. The summed E-state index contributed by atoms with van der Waals surface area (Å²) in [6.45, 7) is 0.391. The van der Waals surface area contributed by atoms with Crippen LogP contribution in [0.5, 0.6) is 11.5 Å². The van der Waals surface area contributed by atoms with Crippen molar-refractivity contribution >= 4 is 5.82 Å². The molecule has 0 aliphatic rings. The molecule has 3 N–H and O–H groups in total. The molecule has 0 spiro atoms. The van der Waals surface area contributed by atoms with E-state index in [0.29, 0.717) is 12.4 Å². The average Bonchev–Trinajstić information content (AvgIpc) is 2.46. The molecule has 2 aromatic rings. The Balaban J connectivity index is 1.97. The second-order valence-corrected chi connectivity index (χ2v) is 3.62. The molecule has 0 saturated carbocycles. The van der Waals surface area contributed by atoms with Crippen LogP contribution in [0.1, 0.15) is 5.69 Å². The summed E-state index contributed by atoms with van der Waals surface area (Å²) in [4.78, 5) is 4.25. The van der Waals surface area contributed by atoms with Gasteiger partial charge in [-0.3, -0.25) is 0 Å². The number of hydrogen-bond acceptors (Lipinski definition) is 5. The van der Waals surface area contributed by atoms with Gasteiger partial charge in [0.05, 0.1) is 12.8 Å². The Labute approximate surface area is 106 Å². The van der Waals surface area contributed by atoms with E-state index in [-0.39, 0.29) is 0 Å². The fraction of sp³-hybridized carbons (Fsp3) is 0.154. The molecule has 1 aromatic carbocycles. The topological polar surface area (TPSA) is 69.4 Å². The number of rotatable bonds is 5. The lowest BCUT2D eigenvalue weighted by Gasteiger charge is -2.07. The number of pyridine rings is 1. The third-order valence-electron chi connectivity index (χ3n) is 2.40. The first-order valence-corrected chi connectivity index (χ1v) is 5.51. The van der Waals surface area contributed by atoms with Gasteiger partial charge in [-0.2, -0.15) is 0 Å². The van der Waals surface area contributed by atoms with Gasteiger partial charge in [0, 0.05) is 0 Å². The van der Waals surface area contributed by atoms with Crippen molar-refractivity contribution < 1.29 is 9.47 Å². The number of ether oxygens (including phenoxy) is 2. The zero-order valence-corrected chi connectivity index (χ0v) is 10.1. The molecule has 0 radical (unpaired) electrons. The predicted molar refractivity (Wildman–Crippen MR) is 69.4 cm³/mol. The van der Waals surface area contributed by atoms with Crippen LogP contribution in [-0.2, 0) is 6.61 Å². The van der Waals surface area contributed by atoms with Gasteiger partial charge in [0.2, 0.25) is 0 Å². The number of nitrogen functional groups attached to an aromatic ring is 1. The third kappa shape index (κ3) is 3.11. The maximum atomic E-state index is 5.60. The van der Waals surface area contributed by atoms with Gasteiger partial charge in [-0.15, -0.1) is 0 Å². The fourth-order valence-corrected chi connectivity index (χ4v) is 1.47. The zero-order chi connectivity index (χ0) is 12.8. The Morgan fingerprint density at radius 2 is 1.83 bits per heavy atom. The molecular formula is C13H15N3O2. The predicted octanol–water partition coefficient (Wildman–Crippen LogP) is 1.95. The number of anilines is 1. The smallest absolute Gasteiger partial charge is 0.140 e. The van der Waals surface area contributed by atoms with Crippen molar-refractivity contribution in [3.05, 3.63) is 48.2 Å². The molecule has 0 amide bonds. The average molecular weight is 245 g/mol. The number of aromatic nitrogens is 1. The molecule has 0 atom stereocenters. The van der Waals surface area contributed by atoms with E-state index >= 15 is 0 Å². The molecule has 0 bridgehead atoms. The van der Waals surface area contributed by atoms with Crippen molar-refractivity contribution in [1.29, 1.82) is 0 Å². The van der Waals surface area contributed by atoms with Gasteiger partial charge in [0.1, 0.15) is 23.9 Å². The van der Waals surface area contributed by atoms with Crippen LogP contribution >= 0.6 is 0 Å². The molecule has 5 nitrogen and oxygen atoms in total. The quantitative estimate of drug-likeness (QED) is 0.622. The van der Waals surface area contributed by atoms with Crippen LogP contribution in [0.25, 0.3) is 0 Å². The van der Waals surface area contributed by atoms with E-state index in [1.165, 1.54) is 0 Å². The molecule has 2 rings (SSSR count). The lowest BCUT2D eigenvalue weighted by molar-refractivity contribution is 0.301. The summed E-state index contributed by atoms with van der Waals surface area (Å²) in [6, 6.07) is 12.9. The third-order valence-corrected chi connectivity index (χ3v) is 2.40. The normalized spacial score (nSPS) is 9.89. The van der Waals surface area contributed by atoms with Crippen molar-refractivity contribution in [2.45, 2.75) is 6.61 Å². The largest absolute Gasteiger partial charge is 0.497 e. The second kappa shape index (κ2) is 5.88. The highest BCUT2D eigenvalue weighted by molar-refractivity contribution is 5.34. The summed E-state index contributed by atoms with van der Waals surface area (Å²) < 4.78 is 10.7. The second-order valence-electron chi connectivity index (χ2n) is 3.62. The monoisotopic (exact) mass is 245 g/mol. The van der Waals surface area contributed by atoms with Gasteiger partial charge in [0.25, 0.3) is 0 Å². The Bertz CT molecular complexity index is 500. The van der Waals surface area contributed by atoms with E-state index in [9.17, 15) is 0 Å². The van der Waals surface area contributed by atoms with E-state index in [0.717, 1.165) is 17.2 Å². The van der Waals surface area contributed by atoms with Crippen molar-refractivity contribution in [2.24, 2.45) is 5.84 Å². The molecule has 0 unspecified atom stereocenters. The Kier molecular flexibility index (Phi) is 3.98. The van der Waals surface area contributed by atoms with E-state index in [1.807, 2.05) is 36.4 Å². The molecule has 0 saturated heterocycles. The highest BCUT2D eigenvalue weighted by Gasteiger charge is 1.99. The summed E-state index contributed by atoms with van der Waals surface area (Å²) in [6.07, 6.45) is 0. The first-order valence-electron chi connectivity index (χ1n) is 5.51. The van der Waals surface area contributed by atoms with Gasteiger partial charge in [-0.05, 0) is 36.4 Å². The van der Waals surface area contributed by atoms with Gasteiger partial charge in [0.15, 0.2) is 0 Å². The Morgan fingerprint density at radius 1 is 1.11 bits per heavy atom. The van der Waals surface area contributed by atoms with Crippen LogP contribution in [-0.4, -0.2) is 12.1 Å². The number of methoxy groups -OCH3 is 1. The van der Waals surface area contributed by atoms with Gasteiger partial charge in [-0.25, -0.2) is 10.8 Å². The summed E-state index contributed by atoms with van der Waals surface area (Å²) in [7, 11) is 1.63. The lowest BCUT2D eigenvalue weighted by atomic mass is 10.3. The molecule has 1 aromatic heterocycles. The molecule has 5 heteroatoms. The van der Waals surface area contributed by atoms with Crippen molar-refractivity contribution in [1.82, 2.24) is 4.98 Å². The van der Waals surface area contributed by atoms with Crippen LogP contribution in [0.15, 0.2) is 42.5 Å². The highest BCUT2D eigenvalue weighted by atomic mass is 16.5. The van der Waals surface area contributed by atoms with Crippen LogP contribution in [0, 0.1) is 0 Å². The van der Waals surface area contributed by atoms with E-state index < -0.39 is 0 Å². The van der Waals surface area contributed by atoms with Crippen LogP contribution in [0.4, 0.5) is 5.82 Å². The summed E-state index contributed by atoms with van der Waals surface area (Å²) in [5.41, 5.74) is 3.30. The van der Waals surface area contributed by atoms with E-state index in [4.69, 9.17) is 15.3 Å². The Morgan fingerprint density at radius 3 is 2.50 bits per heavy atom. The first-order chi connectivity index (χ1) is 8.81. The van der Waals surface area contributed by atoms with Gasteiger partial charge >= 0.3 is 0 Å². The first kappa shape index (κ1) is 12.2. The highest BCUT2D eigenvalue weighted by Crippen LogP contribution is 2.18. The number of hydrogen-bond donors (Lipinski definition) is 2. The fourth-order valence-electron chi connectivity index (χ4n) is 1.47. The van der Waals surface area contributed by atoms with Crippen LogP contribution in [0.3, 0.4) is 0 Å². The number of hydrazine groups is 1. The van der Waals surface area contributed by atoms with Gasteiger partial charge in [-0.1, -0.05) is 6.07 Å². The van der Waals surface area contributed by atoms with Crippen molar-refractivity contribution in [3.8, 4) is 11.5 Å². The zero-order valence-electron chi connectivity index (χ0n) is 10.1. The van der Waals surface area contributed by atoms with Crippen molar-refractivity contribution in [2.75, 3.05) is 12.5 Å².